The van der Waals surface area contributed by atoms with Crippen LogP contribution in [0, 0.1) is 0 Å². The van der Waals surface area contributed by atoms with Gasteiger partial charge in [-0.25, -0.2) is 0 Å². The molecule has 0 aliphatic rings. The van der Waals surface area contributed by atoms with Crippen LogP contribution in [0.5, 0.6) is 11.6 Å². The van der Waals surface area contributed by atoms with E-state index < -0.39 is 0 Å². The van der Waals surface area contributed by atoms with Crippen molar-refractivity contribution in [3.8, 4) is 11.6 Å². The highest BCUT2D eigenvalue weighted by Gasteiger charge is 2.07. The van der Waals surface area contributed by atoms with Crippen LogP contribution in [-0.4, -0.2) is 28.0 Å². The minimum atomic E-state index is 0.143. The predicted octanol–water partition coefficient (Wildman–Crippen LogP) is 3.24. The number of hydrogen-bond acceptors (Lipinski definition) is 3. The van der Waals surface area contributed by atoms with Crippen molar-refractivity contribution in [2.24, 2.45) is 4.99 Å². The Balaban J connectivity index is 1.70. The number of para-hydroxylation sites is 1. The first-order chi connectivity index (χ1) is 10.2. The zero-order chi connectivity index (χ0) is 14.7. The second kappa shape index (κ2) is 5.71. The summed E-state index contributed by atoms with van der Waals surface area (Å²) in [5.41, 5.74) is 2.74. The first-order valence-corrected chi connectivity index (χ1v) is 6.81. The van der Waals surface area contributed by atoms with E-state index in [-0.39, 0.29) is 11.6 Å². The molecule has 0 saturated carbocycles. The molecular formula is C17H16N2O2. The minimum absolute atomic E-state index is 0.143. The largest absolute Gasteiger partial charge is 0.508 e. The molecule has 2 aromatic carbocycles. The Bertz CT molecular complexity index is 773. The third kappa shape index (κ3) is 2.89. The summed E-state index contributed by atoms with van der Waals surface area (Å²) in [5.74, 6) is 0.413. The van der Waals surface area contributed by atoms with Crippen LogP contribution in [0.15, 0.2) is 53.5 Å². The highest BCUT2D eigenvalue weighted by molar-refractivity contribution is 6.01. The molecule has 1 aromatic heterocycles. The molecule has 0 unspecified atom stereocenters. The molecule has 0 atom stereocenters. The summed E-state index contributed by atoms with van der Waals surface area (Å²) in [7, 11) is 0. The lowest BCUT2D eigenvalue weighted by molar-refractivity contribution is 0.457. The first kappa shape index (κ1) is 13.2. The van der Waals surface area contributed by atoms with Crippen molar-refractivity contribution in [2.75, 3.05) is 6.54 Å². The van der Waals surface area contributed by atoms with Crippen LogP contribution in [-0.2, 0) is 6.42 Å². The molecule has 0 aliphatic carbocycles. The van der Waals surface area contributed by atoms with Gasteiger partial charge in [0.1, 0.15) is 5.75 Å². The Morgan fingerprint density at radius 2 is 1.76 bits per heavy atom. The summed E-state index contributed by atoms with van der Waals surface area (Å²) in [6, 6.07) is 14.8. The van der Waals surface area contributed by atoms with Gasteiger partial charge in [0, 0.05) is 23.7 Å². The first-order valence-electron chi connectivity index (χ1n) is 6.81. The normalized spacial score (nSPS) is 11.4. The van der Waals surface area contributed by atoms with Gasteiger partial charge in [0.2, 0.25) is 0 Å². The topological polar surface area (TPSA) is 68.6 Å². The fraction of sp³-hybridized carbons (Fsp3) is 0.118. The molecule has 0 bridgehead atoms. The number of H-pyrrole nitrogens is 1. The number of rotatable bonds is 4. The van der Waals surface area contributed by atoms with E-state index in [1.165, 1.54) is 0 Å². The van der Waals surface area contributed by atoms with Crippen molar-refractivity contribution in [3.63, 3.8) is 0 Å². The van der Waals surface area contributed by atoms with E-state index in [9.17, 15) is 10.2 Å². The summed E-state index contributed by atoms with van der Waals surface area (Å²) in [5, 5.41) is 20.1. The quantitative estimate of drug-likeness (QED) is 0.642. The Kier molecular flexibility index (Phi) is 3.60. The van der Waals surface area contributed by atoms with Crippen LogP contribution in [0.3, 0.4) is 0 Å². The highest BCUT2D eigenvalue weighted by atomic mass is 16.3. The number of phenols is 1. The molecular weight excluding hydrogens is 264 g/mol. The average Bonchev–Trinajstić information content (AvgIpc) is 2.81. The van der Waals surface area contributed by atoms with Crippen molar-refractivity contribution < 1.29 is 10.2 Å². The van der Waals surface area contributed by atoms with Crippen LogP contribution in [0.25, 0.3) is 10.9 Å². The highest BCUT2D eigenvalue weighted by Crippen LogP contribution is 2.25. The number of benzene rings is 2. The van der Waals surface area contributed by atoms with E-state index in [4.69, 9.17) is 0 Å². The lowest BCUT2D eigenvalue weighted by Crippen LogP contribution is -1.90. The summed E-state index contributed by atoms with van der Waals surface area (Å²) >= 11 is 0. The van der Waals surface area contributed by atoms with Crippen LogP contribution >= 0.6 is 0 Å². The van der Waals surface area contributed by atoms with Crippen LogP contribution < -0.4 is 0 Å². The molecule has 3 N–H and O–H groups in total. The summed E-state index contributed by atoms with van der Waals surface area (Å²) in [6.45, 7) is 0.629. The molecule has 0 spiro atoms. The van der Waals surface area contributed by atoms with Crippen molar-refractivity contribution in [1.29, 1.82) is 0 Å². The third-order valence-corrected chi connectivity index (χ3v) is 3.41. The van der Waals surface area contributed by atoms with Gasteiger partial charge in [-0.2, -0.15) is 0 Å². The smallest absolute Gasteiger partial charge is 0.198 e. The molecule has 3 rings (SSSR count). The van der Waals surface area contributed by atoms with E-state index in [1.807, 2.05) is 36.4 Å². The Morgan fingerprint density at radius 1 is 1.00 bits per heavy atom. The van der Waals surface area contributed by atoms with Gasteiger partial charge in [-0.15, -0.1) is 0 Å². The van der Waals surface area contributed by atoms with Crippen molar-refractivity contribution in [3.05, 3.63) is 59.7 Å². The van der Waals surface area contributed by atoms with Gasteiger partial charge in [-0.05, 0) is 30.2 Å². The maximum atomic E-state index is 9.91. The maximum Gasteiger partial charge on any atom is 0.198 e. The average molecular weight is 280 g/mol. The molecule has 1 heterocycles. The fourth-order valence-corrected chi connectivity index (χ4v) is 2.29. The molecule has 4 nitrogen and oxygen atoms in total. The Hall–Kier alpha value is -2.75. The van der Waals surface area contributed by atoms with Gasteiger partial charge >= 0.3 is 0 Å². The molecule has 21 heavy (non-hydrogen) atoms. The molecule has 106 valence electrons. The Morgan fingerprint density at radius 3 is 2.57 bits per heavy atom. The second-order valence-corrected chi connectivity index (χ2v) is 4.88. The summed E-state index contributed by atoms with van der Waals surface area (Å²) < 4.78 is 0. The van der Waals surface area contributed by atoms with Gasteiger partial charge in [0.25, 0.3) is 0 Å². The van der Waals surface area contributed by atoms with E-state index in [2.05, 4.69) is 9.98 Å². The van der Waals surface area contributed by atoms with Crippen LogP contribution in [0.4, 0.5) is 0 Å². The van der Waals surface area contributed by atoms with Gasteiger partial charge in [0.15, 0.2) is 5.88 Å². The lowest BCUT2D eigenvalue weighted by atomic mass is 10.1. The minimum Gasteiger partial charge on any atom is -0.508 e. The number of phenolic OH excluding ortho intramolecular Hbond substituents is 1. The van der Waals surface area contributed by atoms with Gasteiger partial charge in [-0.1, -0.05) is 30.3 Å². The summed E-state index contributed by atoms with van der Waals surface area (Å²) in [4.78, 5) is 7.30. The number of aromatic amines is 1. The van der Waals surface area contributed by atoms with E-state index in [1.54, 1.807) is 18.3 Å². The number of fused-ring (bicyclic) bond motifs is 1. The van der Waals surface area contributed by atoms with Crippen molar-refractivity contribution in [2.45, 2.75) is 6.42 Å². The monoisotopic (exact) mass is 280 g/mol. The van der Waals surface area contributed by atoms with E-state index in [0.29, 0.717) is 6.54 Å². The number of aliphatic imine (C=N–C) groups is 1. The van der Waals surface area contributed by atoms with E-state index in [0.717, 1.165) is 28.5 Å². The van der Waals surface area contributed by atoms with Gasteiger partial charge in [0.05, 0.1) is 5.56 Å². The zero-order valence-electron chi connectivity index (χ0n) is 11.5. The number of nitrogens with zero attached hydrogens (tertiary/aromatic N) is 1. The Labute approximate surface area is 122 Å². The van der Waals surface area contributed by atoms with Crippen LogP contribution in [0.1, 0.15) is 11.1 Å². The molecule has 3 aromatic rings. The molecule has 0 saturated heterocycles. The second-order valence-electron chi connectivity index (χ2n) is 4.88. The van der Waals surface area contributed by atoms with Crippen LogP contribution in [0.2, 0.25) is 0 Å². The van der Waals surface area contributed by atoms with Gasteiger partial charge < -0.3 is 15.2 Å². The van der Waals surface area contributed by atoms with Crippen molar-refractivity contribution >= 4 is 17.1 Å². The molecule has 0 amide bonds. The number of aromatic hydroxyl groups is 2. The number of nitrogens with one attached hydrogen (secondary N) is 1. The van der Waals surface area contributed by atoms with E-state index >= 15 is 0 Å². The fourth-order valence-electron chi connectivity index (χ4n) is 2.29. The predicted molar refractivity (Wildman–Crippen MR) is 84.2 cm³/mol. The molecule has 0 aliphatic heterocycles. The number of aromatic nitrogens is 1. The molecule has 0 fully saturated rings. The standard InChI is InChI=1S/C17H16N2O2/c20-13-7-5-12(6-8-13)9-10-18-11-15-14-3-1-2-4-16(14)19-17(15)21/h1-8,11,19-21H,9-10H2. The van der Waals surface area contributed by atoms with Gasteiger partial charge in [-0.3, -0.25) is 4.99 Å². The SMILES string of the molecule is Oc1ccc(CCN=Cc2c(O)[nH]c3ccccc23)cc1. The molecule has 4 heteroatoms. The summed E-state index contributed by atoms with van der Waals surface area (Å²) in [6.07, 6.45) is 2.49. The molecule has 0 radical (unpaired) electrons. The lowest BCUT2D eigenvalue weighted by Gasteiger charge is -1.98. The zero-order valence-corrected chi connectivity index (χ0v) is 11.5. The third-order valence-electron chi connectivity index (χ3n) is 3.41. The van der Waals surface area contributed by atoms with Crippen molar-refractivity contribution in [1.82, 2.24) is 4.98 Å². The number of hydrogen-bond donors (Lipinski definition) is 3. The maximum absolute atomic E-state index is 9.91.